The first kappa shape index (κ1) is 9.05. The van der Waals surface area contributed by atoms with Crippen LogP contribution in [0.1, 0.15) is 39.5 Å². The molecule has 0 bridgehead atoms. The maximum Gasteiger partial charge on any atom is -0.000559 e. The average Bonchev–Trinajstić information content (AvgIpc) is 2.41. The summed E-state index contributed by atoms with van der Waals surface area (Å²) in [5, 5.41) is 3.34. The maximum absolute atomic E-state index is 3.34. The van der Waals surface area contributed by atoms with Crippen molar-refractivity contribution >= 4 is 0 Å². The molecule has 1 aliphatic heterocycles. The second-order valence-electron chi connectivity index (χ2n) is 3.46. The molecule has 1 saturated carbocycles. The highest BCUT2D eigenvalue weighted by molar-refractivity contribution is 4.84. The second kappa shape index (κ2) is 4.76. The Morgan fingerprint density at radius 1 is 0.909 bits per heavy atom. The van der Waals surface area contributed by atoms with E-state index < -0.39 is 0 Å². The Hall–Kier alpha value is -0.0400. The van der Waals surface area contributed by atoms with Gasteiger partial charge in [-0.2, -0.15) is 0 Å². The van der Waals surface area contributed by atoms with E-state index in [1.165, 1.54) is 38.8 Å². The standard InChI is InChI=1S/C8H15N.C2H6/c1-2-4-7(3-1)8-5-9-6-8;1-2/h7-9H,1-6H2;1-2H3. The van der Waals surface area contributed by atoms with Crippen LogP contribution in [-0.2, 0) is 0 Å². The second-order valence-corrected chi connectivity index (χ2v) is 3.46. The zero-order valence-electron chi connectivity index (χ0n) is 7.90. The quantitative estimate of drug-likeness (QED) is 0.613. The topological polar surface area (TPSA) is 12.0 Å². The molecule has 1 N–H and O–H groups in total. The van der Waals surface area contributed by atoms with Crippen molar-refractivity contribution in [3.63, 3.8) is 0 Å². The summed E-state index contributed by atoms with van der Waals surface area (Å²) < 4.78 is 0. The molecule has 2 aliphatic rings. The molecule has 0 atom stereocenters. The van der Waals surface area contributed by atoms with Crippen LogP contribution in [0, 0.1) is 11.8 Å². The van der Waals surface area contributed by atoms with E-state index >= 15 is 0 Å². The SMILES string of the molecule is C1CCC(C2CNC2)C1.CC. The van der Waals surface area contributed by atoms with Crippen molar-refractivity contribution in [3.8, 4) is 0 Å². The van der Waals surface area contributed by atoms with E-state index in [9.17, 15) is 0 Å². The maximum atomic E-state index is 3.34. The molecule has 0 aromatic heterocycles. The predicted molar refractivity (Wildman–Crippen MR) is 49.7 cm³/mol. The Labute approximate surface area is 70.6 Å². The number of hydrogen-bond acceptors (Lipinski definition) is 1. The fourth-order valence-electron chi connectivity index (χ4n) is 2.07. The van der Waals surface area contributed by atoms with Crippen molar-refractivity contribution in [1.29, 1.82) is 0 Å². The highest BCUT2D eigenvalue weighted by Gasteiger charge is 2.28. The Kier molecular flexibility index (Phi) is 3.92. The van der Waals surface area contributed by atoms with Gasteiger partial charge in [0, 0.05) is 0 Å². The van der Waals surface area contributed by atoms with Gasteiger partial charge in [-0.15, -0.1) is 0 Å². The zero-order chi connectivity index (χ0) is 8.10. The van der Waals surface area contributed by atoms with E-state index in [0.29, 0.717) is 0 Å². The minimum atomic E-state index is 1.06. The van der Waals surface area contributed by atoms with Gasteiger partial charge in [0.25, 0.3) is 0 Å². The third kappa shape index (κ3) is 2.19. The molecule has 0 aromatic carbocycles. The van der Waals surface area contributed by atoms with Crippen LogP contribution in [0.2, 0.25) is 0 Å². The van der Waals surface area contributed by atoms with Crippen molar-refractivity contribution in [2.45, 2.75) is 39.5 Å². The molecule has 0 amide bonds. The summed E-state index contributed by atoms with van der Waals surface area (Å²) >= 11 is 0. The highest BCUT2D eigenvalue weighted by atomic mass is 14.9. The van der Waals surface area contributed by atoms with Crippen molar-refractivity contribution in [3.05, 3.63) is 0 Å². The van der Waals surface area contributed by atoms with Gasteiger partial charge in [-0.3, -0.25) is 0 Å². The predicted octanol–water partition coefficient (Wildman–Crippen LogP) is 2.42. The molecule has 1 aliphatic carbocycles. The van der Waals surface area contributed by atoms with Crippen LogP contribution in [0.5, 0.6) is 0 Å². The average molecular weight is 155 g/mol. The van der Waals surface area contributed by atoms with E-state index in [4.69, 9.17) is 0 Å². The first-order chi connectivity index (χ1) is 5.47. The highest BCUT2D eigenvalue weighted by Crippen LogP contribution is 2.32. The number of nitrogens with one attached hydrogen (secondary N) is 1. The van der Waals surface area contributed by atoms with E-state index in [-0.39, 0.29) is 0 Å². The summed E-state index contributed by atoms with van der Waals surface area (Å²) in [5.41, 5.74) is 0. The lowest BCUT2D eigenvalue weighted by atomic mass is 9.86. The molecule has 1 heteroatoms. The van der Waals surface area contributed by atoms with E-state index in [1.807, 2.05) is 13.8 Å². The van der Waals surface area contributed by atoms with Crippen LogP contribution in [0.3, 0.4) is 0 Å². The Balaban J connectivity index is 0.000000281. The van der Waals surface area contributed by atoms with Gasteiger partial charge in [-0.25, -0.2) is 0 Å². The molecular weight excluding hydrogens is 134 g/mol. The Bertz CT molecular complexity index is 91.0. The van der Waals surface area contributed by atoms with E-state index in [1.54, 1.807) is 0 Å². The van der Waals surface area contributed by atoms with Crippen LogP contribution >= 0.6 is 0 Å². The molecule has 2 fully saturated rings. The van der Waals surface area contributed by atoms with Gasteiger partial charge in [0.2, 0.25) is 0 Å². The van der Waals surface area contributed by atoms with Gasteiger partial charge >= 0.3 is 0 Å². The largest absolute Gasteiger partial charge is 0.316 e. The lowest BCUT2D eigenvalue weighted by Crippen LogP contribution is -2.45. The molecule has 2 rings (SSSR count). The van der Waals surface area contributed by atoms with Gasteiger partial charge in [-0.1, -0.05) is 39.5 Å². The van der Waals surface area contributed by atoms with E-state index in [0.717, 1.165) is 11.8 Å². The third-order valence-corrected chi connectivity index (χ3v) is 2.88. The van der Waals surface area contributed by atoms with Gasteiger partial charge in [0.05, 0.1) is 0 Å². The molecule has 0 unspecified atom stereocenters. The van der Waals surface area contributed by atoms with Crippen molar-refractivity contribution in [1.82, 2.24) is 5.32 Å². The van der Waals surface area contributed by atoms with Crippen LogP contribution in [0.25, 0.3) is 0 Å². The van der Waals surface area contributed by atoms with Crippen LogP contribution in [-0.4, -0.2) is 13.1 Å². The normalized spacial score (nSPS) is 25.6. The van der Waals surface area contributed by atoms with Gasteiger partial charge < -0.3 is 5.32 Å². The first-order valence-electron chi connectivity index (χ1n) is 5.17. The summed E-state index contributed by atoms with van der Waals surface area (Å²) in [4.78, 5) is 0. The molecule has 1 saturated heterocycles. The van der Waals surface area contributed by atoms with Crippen LogP contribution < -0.4 is 5.32 Å². The smallest absolute Gasteiger partial charge is 0.000559 e. The number of hydrogen-bond donors (Lipinski definition) is 1. The molecule has 1 nitrogen and oxygen atoms in total. The van der Waals surface area contributed by atoms with Gasteiger partial charge in [0.15, 0.2) is 0 Å². The van der Waals surface area contributed by atoms with Crippen molar-refractivity contribution in [2.75, 3.05) is 13.1 Å². The fourth-order valence-corrected chi connectivity index (χ4v) is 2.07. The summed E-state index contributed by atoms with van der Waals surface area (Å²) in [7, 11) is 0. The van der Waals surface area contributed by atoms with Gasteiger partial charge in [0.1, 0.15) is 0 Å². The summed E-state index contributed by atoms with van der Waals surface area (Å²) in [6.07, 6.45) is 6.04. The third-order valence-electron chi connectivity index (χ3n) is 2.88. The van der Waals surface area contributed by atoms with Crippen LogP contribution in [0.15, 0.2) is 0 Å². The summed E-state index contributed by atoms with van der Waals surface area (Å²) in [6, 6.07) is 0. The van der Waals surface area contributed by atoms with Crippen molar-refractivity contribution in [2.24, 2.45) is 11.8 Å². The Morgan fingerprint density at radius 2 is 1.45 bits per heavy atom. The lowest BCUT2D eigenvalue weighted by molar-refractivity contribution is 0.237. The molecule has 0 radical (unpaired) electrons. The molecule has 0 spiro atoms. The molecule has 66 valence electrons. The van der Waals surface area contributed by atoms with Gasteiger partial charge in [-0.05, 0) is 24.9 Å². The minimum Gasteiger partial charge on any atom is -0.316 e. The Morgan fingerprint density at radius 3 is 1.82 bits per heavy atom. The fraction of sp³-hybridized carbons (Fsp3) is 1.00. The molecule has 0 aromatic rings. The molecule has 1 heterocycles. The van der Waals surface area contributed by atoms with E-state index in [2.05, 4.69) is 5.32 Å². The lowest BCUT2D eigenvalue weighted by Gasteiger charge is -2.32. The first-order valence-corrected chi connectivity index (χ1v) is 5.17. The van der Waals surface area contributed by atoms with Crippen molar-refractivity contribution < 1.29 is 0 Å². The minimum absolute atomic E-state index is 1.06. The molecule has 11 heavy (non-hydrogen) atoms. The molecular formula is C10H21N. The zero-order valence-corrected chi connectivity index (χ0v) is 7.90. The number of rotatable bonds is 1. The monoisotopic (exact) mass is 155 g/mol. The summed E-state index contributed by atoms with van der Waals surface area (Å²) in [5.74, 6) is 2.17. The van der Waals surface area contributed by atoms with Crippen LogP contribution in [0.4, 0.5) is 0 Å². The summed E-state index contributed by atoms with van der Waals surface area (Å²) in [6.45, 7) is 6.62.